The summed E-state index contributed by atoms with van der Waals surface area (Å²) in [7, 11) is 3.75. The van der Waals surface area contributed by atoms with Gasteiger partial charge in [0.05, 0.1) is 18.2 Å². The van der Waals surface area contributed by atoms with Crippen LogP contribution in [-0.4, -0.2) is 67.0 Å². The molecule has 11 heteroatoms. The summed E-state index contributed by atoms with van der Waals surface area (Å²) in [6.07, 6.45) is 6.55. The van der Waals surface area contributed by atoms with Gasteiger partial charge in [0.2, 0.25) is 5.91 Å². The summed E-state index contributed by atoms with van der Waals surface area (Å²) < 4.78 is 46.7. The Bertz CT molecular complexity index is 1870. The number of ether oxygens (including phenoxy) is 3. The van der Waals surface area contributed by atoms with Crippen LogP contribution in [0.4, 0.5) is 14.5 Å². The van der Waals surface area contributed by atoms with Crippen molar-refractivity contribution in [1.82, 2.24) is 15.2 Å². The lowest BCUT2D eigenvalue weighted by Gasteiger charge is -2.32. The maximum atomic E-state index is 15.3. The third-order valence-electron chi connectivity index (χ3n) is 10.00. The normalized spacial score (nSPS) is 18.1. The predicted molar refractivity (Wildman–Crippen MR) is 181 cm³/mol. The molecule has 1 aromatic heterocycles. The Kier molecular flexibility index (Phi) is 8.97. The van der Waals surface area contributed by atoms with Crippen molar-refractivity contribution >= 4 is 28.3 Å². The monoisotopic (exact) mass is 670 g/mol. The van der Waals surface area contributed by atoms with Gasteiger partial charge in [0.15, 0.2) is 17.3 Å². The summed E-state index contributed by atoms with van der Waals surface area (Å²) in [6, 6.07) is 15.5. The number of carbonyl (C=O) groups excluding carboxylic acids is 2. The van der Waals surface area contributed by atoms with E-state index in [1.807, 2.05) is 12.1 Å². The molecule has 0 radical (unpaired) electrons. The Labute approximate surface area is 283 Å². The third kappa shape index (κ3) is 7.23. The first-order valence-corrected chi connectivity index (χ1v) is 16.8. The Morgan fingerprint density at radius 1 is 0.939 bits per heavy atom. The Hall–Kier alpha value is -4.61. The van der Waals surface area contributed by atoms with Crippen LogP contribution < -0.4 is 24.8 Å². The number of likely N-dealkylation sites (tertiary alicyclic amines) is 1. The molecule has 1 amide bonds. The predicted octanol–water partition coefficient (Wildman–Crippen LogP) is 6.44. The fourth-order valence-electron chi connectivity index (χ4n) is 6.52. The van der Waals surface area contributed by atoms with Crippen molar-refractivity contribution < 1.29 is 32.6 Å². The largest absolute Gasteiger partial charge is 0.493 e. The van der Waals surface area contributed by atoms with Crippen LogP contribution in [0.15, 0.2) is 66.9 Å². The summed E-state index contributed by atoms with van der Waals surface area (Å²) in [5, 5.41) is 7.20. The number of aromatic nitrogens is 1. The molecule has 3 aromatic carbocycles. The summed E-state index contributed by atoms with van der Waals surface area (Å²) in [4.78, 5) is 33.0. The van der Waals surface area contributed by atoms with Gasteiger partial charge in [-0.3, -0.25) is 14.6 Å². The van der Waals surface area contributed by atoms with E-state index in [0.717, 1.165) is 38.8 Å². The smallest absolute Gasteiger partial charge is 0.238 e. The van der Waals surface area contributed by atoms with E-state index < -0.39 is 23.0 Å². The molecular weight excluding hydrogens is 630 g/mol. The second kappa shape index (κ2) is 13.4. The number of hydrogen-bond acceptors (Lipinski definition) is 8. The van der Waals surface area contributed by atoms with Crippen molar-refractivity contribution in [2.75, 3.05) is 39.2 Å². The van der Waals surface area contributed by atoms with Gasteiger partial charge in [-0.15, -0.1) is 0 Å². The van der Waals surface area contributed by atoms with E-state index in [1.165, 1.54) is 36.4 Å². The van der Waals surface area contributed by atoms with E-state index in [4.69, 9.17) is 14.2 Å². The summed E-state index contributed by atoms with van der Waals surface area (Å²) in [5.74, 6) is -0.0444. The van der Waals surface area contributed by atoms with Crippen molar-refractivity contribution in [3.8, 4) is 23.0 Å². The number of piperidine rings is 1. The van der Waals surface area contributed by atoms with Crippen LogP contribution in [0.5, 0.6) is 23.0 Å². The Balaban J connectivity index is 1.01. The summed E-state index contributed by atoms with van der Waals surface area (Å²) in [6.45, 7) is 2.73. The Morgan fingerprint density at radius 2 is 1.69 bits per heavy atom. The number of methoxy groups -OCH3 is 1. The molecule has 4 aromatic rings. The van der Waals surface area contributed by atoms with Crippen molar-refractivity contribution in [2.45, 2.75) is 56.5 Å². The second-order valence-electron chi connectivity index (χ2n) is 13.6. The molecule has 256 valence electrons. The highest BCUT2D eigenvalue weighted by Crippen LogP contribution is 2.48. The van der Waals surface area contributed by atoms with Gasteiger partial charge in [-0.05, 0) is 107 Å². The molecule has 49 heavy (non-hydrogen) atoms. The fraction of sp³-hybridized carbons (Fsp3) is 0.395. The molecular formula is C38H40F2N4O5. The number of anilines is 1. The molecule has 2 saturated carbocycles. The molecule has 1 saturated heterocycles. The van der Waals surface area contributed by atoms with E-state index in [0.29, 0.717) is 59.3 Å². The maximum Gasteiger partial charge on any atom is 0.238 e. The number of nitrogens with zero attached hydrogens (tertiary/aromatic N) is 2. The topological polar surface area (TPSA) is 102 Å². The van der Waals surface area contributed by atoms with Gasteiger partial charge < -0.3 is 29.7 Å². The van der Waals surface area contributed by atoms with Gasteiger partial charge in [0.25, 0.3) is 0 Å². The lowest BCUT2D eigenvalue weighted by molar-refractivity contribution is -0.132. The first-order chi connectivity index (χ1) is 23.6. The van der Waals surface area contributed by atoms with Gasteiger partial charge >= 0.3 is 0 Å². The number of fused-ring (bicyclic) bond motifs is 1. The molecule has 3 fully saturated rings. The average Bonchev–Trinajstić information content (AvgIpc) is 4.04. The molecule has 9 nitrogen and oxygen atoms in total. The number of benzene rings is 3. The number of halogens is 2. The highest BCUT2D eigenvalue weighted by molar-refractivity contribution is 6.14. The first kappa shape index (κ1) is 32.9. The number of hydrogen-bond donors (Lipinski definition) is 2. The number of nitrogens with one attached hydrogen (secondary N) is 2. The van der Waals surface area contributed by atoms with Crippen LogP contribution in [0.3, 0.4) is 0 Å². The molecule has 2 N–H and O–H groups in total. The van der Waals surface area contributed by atoms with Gasteiger partial charge in [0, 0.05) is 41.9 Å². The van der Waals surface area contributed by atoms with Crippen molar-refractivity contribution in [1.29, 1.82) is 0 Å². The molecule has 0 unspecified atom stereocenters. The Morgan fingerprint density at radius 3 is 2.37 bits per heavy atom. The zero-order valence-electron chi connectivity index (χ0n) is 27.7. The quantitative estimate of drug-likeness (QED) is 0.157. The van der Waals surface area contributed by atoms with Crippen LogP contribution in [0.2, 0.25) is 0 Å². The van der Waals surface area contributed by atoms with Gasteiger partial charge in [0.1, 0.15) is 35.2 Å². The molecule has 2 heterocycles. The zero-order chi connectivity index (χ0) is 34.2. The van der Waals surface area contributed by atoms with E-state index in [2.05, 4.69) is 27.6 Å². The van der Waals surface area contributed by atoms with E-state index in [-0.39, 0.29) is 29.1 Å². The molecule has 0 atom stereocenters. The van der Waals surface area contributed by atoms with Gasteiger partial charge in [-0.1, -0.05) is 6.07 Å². The average molecular weight is 671 g/mol. The van der Waals surface area contributed by atoms with Crippen LogP contribution >= 0.6 is 0 Å². The number of Topliss-reactive ketones (excluding diaryl/α,β-unsaturated/α-hetero) is 1. The number of rotatable bonds is 13. The van der Waals surface area contributed by atoms with E-state index >= 15 is 4.39 Å². The minimum absolute atomic E-state index is 0.0184. The minimum Gasteiger partial charge on any atom is -0.493 e. The molecule has 0 bridgehead atoms. The number of amides is 1. The lowest BCUT2D eigenvalue weighted by atomic mass is 9.93. The van der Waals surface area contributed by atoms with Crippen LogP contribution in [0.25, 0.3) is 10.9 Å². The lowest BCUT2D eigenvalue weighted by Crippen LogP contribution is -2.48. The standard InChI is InChI=1S/C38H40F2N4O5/c1-44-17-10-27(11-18-44)43-37(12-13-37)23-48-34-22-31-29(21-33(34)47-2)32(9-16-41-31)49-28-8-3-24(30(40)20-28)19-35(45)38(14-15-38)36(46)42-26-6-4-25(39)5-7-26/h3-9,16,20-22,27,43H,10-15,17-19,23H2,1-2H3,(H,42,46). The summed E-state index contributed by atoms with van der Waals surface area (Å²) in [5.41, 5.74) is -0.0333. The number of pyridine rings is 1. The van der Waals surface area contributed by atoms with Crippen LogP contribution in [0, 0.1) is 17.0 Å². The van der Waals surface area contributed by atoms with Crippen molar-refractivity contribution in [2.24, 2.45) is 5.41 Å². The maximum absolute atomic E-state index is 15.3. The molecule has 3 aliphatic rings. The highest BCUT2D eigenvalue weighted by Gasteiger charge is 2.55. The summed E-state index contributed by atoms with van der Waals surface area (Å²) >= 11 is 0. The van der Waals surface area contributed by atoms with Crippen molar-refractivity contribution in [3.05, 3.63) is 84.1 Å². The van der Waals surface area contributed by atoms with E-state index in [1.54, 1.807) is 25.4 Å². The van der Waals surface area contributed by atoms with Crippen molar-refractivity contribution in [3.63, 3.8) is 0 Å². The fourth-order valence-corrected chi connectivity index (χ4v) is 6.52. The SMILES string of the molecule is COc1cc2c(Oc3ccc(CC(=O)C4(C(=O)Nc5ccc(F)cc5)CC4)c(F)c3)ccnc2cc1OCC1(NC2CCN(C)CC2)CC1. The first-order valence-electron chi connectivity index (χ1n) is 16.8. The number of ketones is 1. The van der Waals surface area contributed by atoms with Crippen LogP contribution in [0.1, 0.15) is 44.1 Å². The van der Waals surface area contributed by atoms with Gasteiger partial charge in [-0.2, -0.15) is 0 Å². The highest BCUT2D eigenvalue weighted by atomic mass is 19.1. The molecule has 0 spiro atoms. The molecule has 7 rings (SSSR count). The second-order valence-corrected chi connectivity index (χ2v) is 13.6. The van der Waals surface area contributed by atoms with Gasteiger partial charge in [-0.25, -0.2) is 8.78 Å². The van der Waals surface area contributed by atoms with E-state index in [9.17, 15) is 14.0 Å². The molecule has 1 aliphatic heterocycles. The molecule has 2 aliphatic carbocycles. The zero-order valence-corrected chi connectivity index (χ0v) is 27.7. The minimum atomic E-state index is -1.21. The number of carbonyl (C=O) groups is 2. The van der Waals surface area contributed by atoms with Crippen LogP contribution in [-0.2, 0) is 16.0 Å². The third-order valence-corrected chi connectivity index (χ3v) is 10.00.